The molecule has 1 aromatic carbocycles. The number of piperidine rings is 1. The zero-order chi connectivity index (χ0) is 18.4. The van der Waals surface area contributed by atoms with Gasteiger partial charge < -0.3 is 15.8 Å². The van der Waals surface area contributed by atoms with Crippen LogP contribution in [0, 0.1) is 11.8 Å². The number of carbonyl (C=O) groups is 1. The van der Waals surface area contributed by atoms with Crippen LogP contribution in [-0.2, 0) is 11.3 Å². The number of nitrogens with one attached hydrogen (secondary N) is 1. The van der Waals surface area contributed by atoms with Gasteiger partial charge in [0.05, 0.1) is 7.11 Å². The first-order chi connectivity index (χ1) is 12.6. The highest BCUT2D eigenvalue weighted by Gasteiger charge is 2.26. The van der Waals surface area contributed by atoms with Gasteiger partial charge in [-0.2, -0.15) is 0 Å². The first kappa shape index (κ1) is 25.0. The number of carbonyl (C=O) groups excluding carboxylic acids is 1. The van der Waals surface area contributed by atoms with Crippen molar-refractivity contribution in [2.24, 2.45) is 17.6 Å². The average Bonchev–Trinajstić information content (AvgIpc) is 3.06. The van der Waals surface area contributed by atoms with Crippen LogP contribution in [0.4, 0.5) is 0 Å². The Bertz CT molecular complexity index is 578. The van der Waals surface area contributed by atoms with Gasteiger partial charge in [0.2, 0.25) is 5.91 Å². The van der Waals surface area contributed by atoms with Crippen LogP contribution in [0.15, 0.2) is 24.3 Å². The number of benzene rings is 1. The molecule has 1 aliphatic heterocycles. The second-order valence-corrected chi connectivity index (χ2v) is 7.93. The minimum atomic E-state index is 0. The lowest BCUT2D eigenvalue weighted by Gasteiger charge is -2.32. The number of nitrogens with zero attached hydrogens (tertiary/aromatic N) is 1. The molecule has 28 heavy (non-hydrogen) atoms. The van der Waals surface area contributed by atoms with Crippen LogP contribution in [-0.4, -0.2) is 43.6 Å². The van der Waals surface area contributed by atoms with E-state index in [4.69, 9.17) is 10.5 Å². The van der Waals surface area contributed by atoms with Gasteiger partial charge in [-0.25, -0.2) is 0 Å². The van der Waals surface area contributed by atoms with Crippen molar-refractivity contribution >= 4 is 30.7 Å². The van der Waals surface area contributed by atoms with Gasteiger partial charge in [-0.15, -0.1) is 24.8 Å². The molecule has 1 amide bonds. The SMILES string of the molecule is COc1ccc(CN2CCC(CNC(=O)C[C@@H]3CCC[C@H]3N)CC2)cc1.Cl.Cl. The molecule has 160 valence electrons. The Morgan fingerprint density at radius 2 is 1.82 bits per heavy atom. The maximum atomic E-state index is 12.2. The third-order valence-electron chi connectivity index (χ3n) is 6.03. The normalized spacial score (nSPS) is 22.8. The number of halogens is 2. The molecular weight excluding hydrogens is 397 g/mol. The number of methoxy groups -OCH3 is 1. The van der Waals surface area contributed by atoms with E-state index >= 15 is 0 Å². The van der Waals surface area contributed by atoms with Gasteiger partial charge in [0.15, 0.2) is 0 Å². The van der Waals surface area contributed by atoms with Crippen molar-refractivity contribution in [3.63, 3.8) is 0 Å². The molecule has 1 saturated heterocycles. The van der Waals surface area contributed by atoms with Crippen LogP contribution in [0.5, 0.6) is 5.75 Å². The van der Waals surface area contributed by atoms with Crippen molar-refractivity contribution in [1.82, 2.24) is 10.2 Å². The van der Waals surface area contributed by atoms with Crippen molar-refractivity contribution in [1.29, 1.82) is 0 Å². The highest BCUT2D eigenvalue weighted by molar-refractivity contribution is 5.85. The van der Waals surface area contributed by atoms with Crippen molar-refractivity contribution in [2.75, 3.05) is 26.7 Å². The quantitative estimate of drug-likeness (QED) is 0.693. The predicted octanol–water partition coefficient (Wildman–Crippen LogP) is 3.38. The van der Waals surface area contributed by atoms with E-state index in [1.165, 1.54) is 12.0 Å². The molecule has 0 radical (unpaired) electrons. The summed E-state index contributed by atoms with van der Waals surface area (Å²) in [6.45, 7) is 4.00. The minimum Gasteiger partial charge on any atom is -0.497 e. The van der Waals surface area contributed by atoms with E-state index in [2.05, 4.69) is 22.3 Å². The van der Waals surface area contributed by atoms with Crippen molar-refractivity contribution in [3.8, 4) is 5.75 Å². The van der Waals surface area contributed by atoms with E-state index in [9.17, 15) is 4.79 Å². The van der Waals surface area contributed by atoms with Gasteiger partial charge in [0.1, 0.15) is 5.75 Å². The third kappa shape index (κ3) is 7.43. The second-order valence-electron chi connectivity index (χ2n) is 7.93. The van der Waals surface area contributed by atoms with E-state index in [0.717, 1.165) is 57.6 Å². The van der Waals surface area contributed by atoms with Gasteiger partial charge in [-0.3, -0.25) is 9.69 Å². The van der Waals surface area contributed by atoms with E-state index in [1.54, 1.807) is 7.11 Å². The van der Waals surface area contributed by atoms with E-state index < -0.39 is 0 Å². The topological polar surface area (TPSA) is 67.6 Å². The Kier molecular flexibility index (Phi) is 11.2. The Balaban J connectivity index is 0.00000196. The molecule has 5 nitrogen and oxygen atoms in total. The van der Waals surface area contributed by atoms with Crippen LogP contribution < -0.4 is 15.8 Å². The van der Waals surface area contributed by atoms with Crippen LogP contribution >= 0.6 is 24.8 Å². The van der Waals surface area contributed by atoms with Crippen molar-refractivity contribution in [2.45, 2.75) is 51.1 Å². The van der Waals surface area contributed by atoms with Gasteiger partial charge >= 0.3 is 0 Å². The Morgan fingerprint density at radius 3 is 2.39 bits per heavy atom. The number of amides is 1. The maximum Gasteiger partial charge on any atom is 0.220 e. The number of likely N-dealkylation sites (tertiary alicyclic amines) is 1. The summed E-state index contributed by atoms with van der Waals surface area (Å²) in [6.07, 6.45) is 6.27. The van der Waals surface area contributed by atoms with Gasteiger partial charge in [-0.05, 0) is 68.3 Å². The molecule has 1 aromatic rings. The summed E-state index contributed by atoms with van der Waals surface area (Å²) >= 11 is 0. The van der Waals surface area contributed by atoms with E-state index in [1.807, 2.05) is 12.1 Å². The molecule has 3 N–H and O–H groups in total. The standard InChI is InChI=1S/C21H33N3O2.2ClH/c1-26-19-7-5-17(6-8-19)15-24-11-9-16(10-12-24)14-23-21(25)13-18-3-2-4-20(18)22;;/h5-8,16,18,20H,2-4,9-15,22H2,1H3,(H,23,25);2*1H/t18-,20+;;/m0../s1. The number of hydrogen-bond donors (Lipinski definition) is 2. The molecule has 2 atom stereocenters. The molecule has 0 aromatic heterocycles. The summed E-state index contributed by atoms with van der Waals surface area (Å²) in [5.41, 5.74) is 7.39. The Hall–Kier alpha value is -1.01. The van der Waals surface area contributed by atoms with E-state index in [-0.39, 0.29) is 36.8 Å². The fraction of sp³-hybridized carbons (Fsp3) is 0.667. The third-order valence-corrected chi connectivity index (χ3v) is 6.03. The van der Waals surface area contributed by atoms with Crippen LogP contribution in [0.2, 0.25) is 0 Å². The molecule has 1 saturated carbocycles. The first-order valence-electron chi connectivity index (χ1n) is 10.0. The van der Waals surface area contributed by atoms with Crippen LogP contribution in [0.3, 0.4) is 0 Å². The lowest BCUT2D eigenvalue weighted by molar-refractivity contribution is -0.122. The zero-order valence-electron chi connectivity index (χ0n) is 16.8. The lowest BCUT2D eigenvalue weighted by Crippen LogP contribution is -2.39. The zero-order valence-corrected chi connectivity index (χ0v) is 18.4. The summed E-state index contributed by atoms with van der Waals surface area (Å²) in [4.78, 5) is 14.7. The molecule has 3 rings (SSSR count). The molecule has 1 aliphatic carbocycles. The lowest BCUT2D eigenvalue weighted by atomic mass is 9.95. The number of rotatable bonds is 7. The molecular formula is C21H35Cl2N3O2. The smallest absolute Gasteiger partial charge is 0.220 e. The molecule has 2 fully saturated rings. The van der Waals surface area contributed by atoms with Gasteiger partial charge in [0.25, 0.3) is 0 Å². The second kappa shape index (κ2) is 12.5. The highest BCUT2D eigenvalue weighted by atomic mass is 35.5. The fourth-order valence-electron chi connectivity index (χ4n) is 4.23. The number of nitrogens with two attached hydrogens (primary N) is 1. The van der Waals surface area contributed by atoms with Crippen molar-refractivity contribution < 1.29 is 9.53 Å². The highest BCUT2D eigenvalue weighted by Crippen LogP contribution is 2.26. The number of hydrogen-bond acceptors (Lipinski definition) is 4. The average molecular weight is 432 g/mol. The predicted molar refractivity (Wildman–Crippen MR) is 118 cm³/mol. The summed E-state index contributed by atoms with van der Waals surface area (Å²) in [7, 11) is 1.70. The monoisotopic (exact) mass is 431 g/mol. The Labute approximate surface area is 181 Å². The molecule has 7 heteroatoms. The van der Waals surface area contributed by atoms with Crippen molar-refractivity contribution in [3.05, 3.63) is 29.8 Å². The van der Waals surface area contributed by atoms with Gasteiger partial charge in [-0.1, -0.05) is 18.6 Å². The Morgan fingerprint density at radius 1 is 1.14 bits per heavy atom. The first-order valence-corrected chi connectivity index (χ1v) is 10.0. The molecule has 0 spiro atoms. The van der Waals surface area contributed by atoms with E-state index in [0.29, 0.717) is 18.3 Å². The minimum absolute atomic E-state index is 0. The summed E-state index contributed by atoms with van der Waals surface area (Å²) in [5.74, 6) is 2.08. The maximum absolute atomic E-state index is 12.2. The molecule has 1 heterocycles. The molecule has 2 aliphatic rings. The molecule has 0 unspecified atom stereocenters. The number of ether oxygens (including phenoxy) is 1. The largest absolute Gasteiger partial charge is 0.497 e. The van der Waals surface area contributed by atoms with Crippen LogP contribution in [0.1, 0.15) is 44.1 Å². The summed E-state index contributed by atoms with van der Waals surface area (Å²) < 4.78 is 5.21. The fourth-order valence-corrected chi connectivity index (χ4v) is 4.23. The summed E-state index contributed by atoms with van der Waals surface area (Å²) in [5, 5.41) is 3.15. The molecule has 0 bridgehead atoms. The van der Waals surface area contributed by atoms with Crippen LogP contribution in [0.25, 0.3) is 0 Å². The van der Waals surface area contributed by atoms with Gasteiger partial charge in [0, 0.05) is 25.6 Å². The summed E-state index contributed by atoms with van der Waals surface area (Å²) in [6, 6.07) is 8.54.